The summed E-state index contributed by atoms with van der Waals surface area (Å²) in [6, 6.07) is 25.6. The third-order valence-corrected chi connectivity index (χ3v) is 5.73. The van der Waals surface area contributed by atoms with E-state index in [0.717, 1.165) is 22.6 Å². The molecule has 0 unspecified atom stereocenters. The Bertz CT molecular complexity index is 1390. The summed E-state index contributed by atoms with van der Waals surface area (Å²) in [4.78, 5) is 37.1. The molecule has 176 valence electrons. The average molecular weight is 467 g/mol. The van der Waals surface area contributed by atoms with Gasteiger partial charge in [-0.3, -0.25) is 9.59 Å². The molecule has 1 amide bonds. The fourth-order valence-electron chi connectivity index (χ4n) is 3.95. The highest BCUT2D eigenvalue weighted by atomic mass is 16.5. The van der Waals surface area contributed by atoms with Gasteiger partial charge in [0.25, 0.3) is 5.91 Å². The first-order chi connectivity index (χ1) is 16.9. The molecule has 6 nitrogen and oxygen atoms in total. The topological polar surface area (TPSA) is 77.4 Å². The highest BCUT2D eigenvalue weighted by Gasteiger charge is 2.21. The maximum atomic E-state index is 13.0. The van der Waals surface area contributed by atoms with E-state index in [1.54, 1.807) is 49.4 Å². The van der Waals surface area contributed by atoms with Gasteiger partial charge >= 0.3 is 5.97 Å². The predicted octanol–water partition coefficient (Wildman–Crippen LogP) is 6.08. The minimum atomic E-state index is -0.385. The molecule has 6 heteroatoms. The van der Waals surface area contributed by atoms with Crippen LogP contribution >= 0.6 is 0 Å². The standard InChI is InChI=1S/C29H26N2O4/c1-4-35-29(34)26-18-27(22-9-6-5-7-10-22)31(19(26)2)25-12-8-11-23(17-25)28(33)30-24-15-13-21(14-16-24)20(3)32/h5-18H,4H2,1-3H3,(H,30,33). The number of hydrogen-bond donors (Lipinski definition) is 1. The molecule has 0 aliphatic carbocycles. The Morgan fingerprint density at radius 3 is 2.23 bits per heavy atom. The summed E-state index contributed by atoms with van der Waals surface area (Å²) in [7, 11) is 0. The molecule has 0 saturated heterocycles. The SMILES string of the molecule is CCOC(=O)c1cc(-c2ccccc2)n(-c2cccc(C(=O)Nc3ccc(C(C)=O)cc3)c2)c1C. The number of nitrogens with one attached hydrogen (secondary N) is 1. The van der Waals surface area contributed by atoms with Gasteiger partial charge in [-0.05, 0) is 74.9 Å². The Hall–Kier alpha value is -4.45. The molecule has 0 radical (unpaired) electrons. The zero-order valence-corrected chi connectivity index (χ0v) is 19.9. The fourth-order valence-corrected chi connectivity index (χ4v) is 3.95. The Labute approximate surface area is 204 Å². The summed E-state index contributed by atoms with van der Waals surface area (Å²) >= 11 is 0. The number of aromatic nitrogens is 1. The molecule has 1 aromatic heterocycles. The van der Waals surface area contributed by atoms with Gasteiger partial charge in [0, 0.05) is 28.2 Å². The number of carbonyl (C=O) groups excluding carboxylic acids is 3. The Morgan fingerprint density at radius 2 is 1.57 bits per heavy atom. The lowest BCUT2D eigenvalue weighted by atomic mass is 10.1. The average Bonchev–Trinajstić information content (AvgIpc) is 3.22. The van der Waals surface area contributed by atoms with Crippen LogP contribution in [0, 0.1) is 6.92 Å². The van der Waals surface area contributed by atoms with Crippen molar-refractivity contribution in [2.24, 2.45) is 0 Å². The van der Waals surface area contributed by atoms with Crippen molar-refractivity contribution in [3.63, 3.8) is 0 Å². The third kappa shape index (κ3) is 5.06. The minimum Gasteiger partial charge on any atom is -0.462 e. The summed E-state index contributed by atoms with van der Waals surface area (Å²) in [5.41, 5.74) is 5.34. The highest BCUT2D eigenvalue weighted by molar-refractivity contribution is 6.05. The number of nitrogens with zero attached hydrogens (tertiary/aromatic N) is 1. The van der Waals surface area contributed by atoms with Gasteiger partial charge in [0.15, 0.2) is 5.78 Å². The zero-order valence-electron chi connectivity index (χ0n) is 19.9. The molecule has 0 atom stereocenters. The van der Waals surface area contributed by atoms with Gasteiger partial charge in [-0.15, -0.1) is 0 Å². The number of amides is 1. The van der Waals surface area contributed by atoms with E-state index in [9.17, 15) is 14.4 Å². The van der Waals surface area contributed by atoms with Crippen molar-refractivity contribution in [2.75, 3.05) is 11.9 Å². The minimum absolute atomic E-state index is 0.0333. The molecule has 4 rings (SSSR count). The molecule has 0 spiro atoms. The first-order valence-electron chi connectivity index (χ1n) is 11.4. The molecule has 1 heterocycles. The Kier molecular flexibility index (Phi) is 6.92. The van der Waals surface area contributed by atoms with Crippen molar-refractivity contribution in [2.45, 2.75) is 20.8 Å². The second-order valence-electron chi connectivity index (χ2n) is 8.09. The van der Waals surface area contributed by atoms with E-state index in [0.29, 0.717) is 22.4 Å². The molecule has 0 aliphatic rings. The van der Waals surface area contributed by atoms with Crippen molar-refractivity contribution in [3.8, 4) is 16.9 Å². The molecule has 35 heavy (non-hydrogen) atoms. The molecule has 1 N–H and O–H groups in total. The summed E-state index contributed by atoms with van der Waals surface area (Å²) in [5, 5.41) is 2.87. The quantitative estimate of drug-likeness (QED) is 0.264. The molecule has 0 saturated carbocycles. The van der Waals surface area contributed by atoms with Crippen LogP contribution in [0.3, 0.4) is 0 Å². The molecule has 4 aromatic rings. The number of carbonyl (C=O) groups is 3. The van der Waals surface area contributed by atoms with Crippen LogP contribution in [-0.2, 0) is 4.74 Å². The second kappa shape index (κ2) is 10.2. The van der Waals surface area contributed by atoms with Crippen molar-refractivity contribution in [3.05, 3.63) is 107 Å². The lowest BCUT2D eigenvalue weighted by Crippen LogP contribution is -2.13. The van der Waals surface area contributed by atoms with Crippen LogP contribution in [-0.4, -0.2) is 28.8 Å². The molecular weight excluding hydrogens is 440 g/mol. The van der Waals surface area contributed by atoms with E-state index in [2.05, 4.69) is 5.32 Å². The Morgan fingerprint density at radius 1 is 0.857 bits per heavy atom. The summed E-state index contributed by atoms with van der Waals surface area (Å²) in [6.45, 7) is 5.42. The summed E-state index contributed by atoms with van der Waals surface area (Å²) in [5.74, 6) is -0.697. The third-order valence-electron chi connectivity index (χ3n) is 5.73. The zero-order chi connectivity index (χ0) is 24.9. The summed E-state index contributed by atoms with van der Waals surface area (Å²) in [6.07, 6.45) is 0. The van der Waals surface area contributed by atoms with Crippen LogP contribution in [0.15, 0.2) is 84.9 Å². The van der Waals surface area contributed by atoms with E-state index in [-0.39, 0.29) is 24.3 Å². The van der Waals surface area contributed by atoms with Crippen LogP contribution < -0.4 is 5.32 Å². The smallest absolute Gasteiger partial charge is 0.339 e. The van der Waals surface area contributed by atoms with Crippen molar-refractivity contribution < 1.29 is 19.1 Å². The summed E-state index contributed by atoms with van der Waals surface area (Å²) < 4.78 is 7.22. The van der Waals surface area contributed by atoms with Crippen molar-refractivity contribution in [1.29, 1.82) is 0 Å². The number of benzene rings is 3. The van der Waals surface area contributed by atoms with Crippen LogP contribution in [0.5, 0.6) is 0 Å². The van der Waals surface area contributed by atoms with Gasteiger partial charge < -0.3 is 14.6 Å². The Balaban J connectivity index is 1.72. The van der Waals surface area contributed by atoms with Crippen molar-refractivity contribution >= 4 is 23.3 Å². The number of anilines is 1. The first-order valence-corrected chi connectivity index (χ1v) is 11.4. The van der Waals surface area contributed by atoms with Gasteiger partial charge in [0.05, 0.1) is 17.9 Å². The van der Waals surface area contributed by atoms with Gasteiger partial charge in [-0.1, -0.05) is 36.4 Å². The van der Waals surface area contributed by atoms with E-state index in [1.165, 1.54) is 6.92 Å². The van der Waals surface area contributed by atoms with Crippen LogP contribution in [0.25, 0.3) is 16.9 Å². The number of ether oxygens (including phenoxy) is 1. The maximum Gasteiger partial charge on any atom is 0.339 e. The van der Waals surface area contributed by atoms with E-state index in [4.69, 9.17) is 4.74 Å². The number of rotatable bonds is 7. The monoisotopic (exact) mass is 466 g/mol. The number of Topliss-reactive ketones (excluding diaryl/α,β-unsaturated/α-hetero) is 1. The molecule has 3 aromatic carbocycles. The maximum absolute atomic E-state index is 13.0. The van der Waals surface area contributed by atoms with Gasteiger partial charge in [0.2, 0.25) is 0 Å². The van der Waals surface area contributed by atoms with E-state index >= 15 is 0 Å². The van der Waals surface area contributed by atoms with Crippen LogP contribution in [0.2, 0.25) is 0 Å². The van der Waals surface area contributed by atoms with Crippen molar-refractivity contribution in [1.82, 2.24) is 4.57 Å². The predicted molar refractivity (Wildman–Crippen MR) is 136 cm³/mol. The molecule has 0 fully saturated rings. The number of ketones is 1. The van der Waals surface area contributed by atoms with E-state index < -0.39 is 0 Å². The number of hydrogen-bond acceptors (Lipinski definition) is 4. The normalized spacial score (nSPS) is 10.6. The second-order valence-corrected chi connectivity index (χ2v) is 8.09. The lowest BCUT2D eigenvalue weighted by Gasteiger charge is -2.14. The lowest BCUT2D eigenvalue weighted by molar-refractivity contribution is 0.0525. The highest BCUT2D eigenvalue weighted by Crippen LogP contribution is 2.30. The van der Waals surface area contributed by atoms with E-state index in [1.807, 2.05) is 54.0 Å². The fraction of sp³-hybridized carbons (Fsp3) is 0.138. The van der Waals surface area contributed by atoms with Gasteiger partial charge in [0.1, 0.15) is 0 Å². The van der Waals surface area contributed by atoms with Gasteiger partial charge in [-0.25, -0.2) is 4.79 Å². The number of esters is 1. The first kappa shape index (κ1) is 23.7. The van der Waals surface area contributed by atoms with Crippen LogP contribution in [0.4, 0.5) is 5.69 Å². The molecule has 0 aliphatic heterocycles. The van der Waals surface area contributed by atoms with Crippen LogP contribution in [0.1, 0.15) is 50.6 Å². The molecule has 0 bridgehead atoms. The van der Waals surface area contributed by atoms with Gasteiger partial charge in [-0.2, -0.15) is 0 Å². The largest absolute Gasteiger partial charge is 0.462 e. The molecular formula is C29H26N2O4.